The molecule has 4 rings (SSSR count). The molecule has 2 aromatic heterocycles. The number of halogens is 1. The standard InChI is InChI=1S/C21H22BrN5O/c1-26(12-23)20(24)18(13-4-2-5-13)14-6-3-7-15(10-14)27-11-17(22)16-8-9-25-19(16)21(27)28/h3,6-13,18,23-25H,2,4-5H2,1H3. The molecular weight excluding hydrogens is 418 g/mol. The number of amidine groups is 1. The van der Waals surface area contributed by atoms with Gasteiger partial charge in [-0.05, 0) is 58.5 Å². The predicted octanol–water partition coefficient (Wildman–Crippen LogP) is 4.48. The number of nitrogens with one attached hydrogen (secondary N) is 3. The van der Waals surface area contributed by atoms with Crippen LogP contribution in [0.5, 0.6) is 0 Å². The normalized spacial score (nSPS) is 15.2. The van der Waals surface area contributed by atoms with Gasteiger partial charge < -0.3 is 9.88 Å². The van der Waals surface area contributed by atoms with Crippen molar-refractivity contribution in [1.29, 1.82) is 10.8 Å². The number of fused-ring (bicyclic) bond motifs is 1. The minimum absolute atomic E-state index is 0.0753. The smallest absolute Gasteiger partial charge is 0.279 e. The summed E-state index contributed by atoms with van der Waals surface area (Å²) < 4.78 is 2.48. The maximum absolute atomic E-state index is 12.9. The highest BCUT2D eigenvalue weighted by atomic mass is 79.9. The first-order valence-corrected chi connectivity index (χ1v) is 10.1. The van der Waals surface area contributed by atoms with Crippen molar-refractivity contribution in [3.8, 4) is 5.69 Å². The van der Waals surface area contributed by atoms with Gasteiger partial charge in [0.25, 0.3) is 5.56 Å². The van der Waals surface area contributed by atoms with Crippen molar-refractivity contribution in [3.63, 3.8) is 0 Å². The molecule has 1 saturated carbocycles. The summed E-state index contributed by atoms with van der Waals surface area (Å²) >= 11 is 3.56. The summed E-state index contributed by atoms with van der Waals surface area (Å²) in [6, 6.07) is 9.74. The fraction of sp³-hybridized carbons (Fsp3) is 0.286. The summed E-state index contributed by atoms with van der Waals surface area (Å²) in [6.45, 7) is 0. The molecule has 1 aliphatic carbocycles. The Bertz CT molecular complexity index is 1110. The Morgan fingerprint density at radius 3 is 2.86 bits per heavy atom. The van der Waals surface area contributed by atoms with Gasteiger partial charge in [-0.2, -0.15) is 0 Å². The van der Waals surface area contributed by atoms with Crippen LogP contribution >= 0.6 is 15.9 Å². The molecule has 1 unspecified atom stereocenters. The molecule has 1 aliphatic rings. The second-order valence-electron chi connectivity index (χ2n) is 7.31. The monoisotopic (exact) mass is 439 g/mol. The Balaban J connectivity index is 1.81. The largest absolute Gasteiger partial charge is 0.357 e. The van der Waals surface area contributed by atoms with Gasteiger partial charge >= 0.3 is 0 Å². The van der Waals surface area contributed by atoms with Crippen LogP contribution in [0.15, 0.2) is 52.0 Å². The minimum atomic E-state index is -0.104. The van der Waals surface area contributed by atoms with Crippen LogP contribution < -0.4 is 5.56 Å². The lowest BCUT2D eigenvalue weighted by Crippen LogP contribution is -2.36. The van der Waals surface area contributed by atoms with Gasteiger partial charge in [-0.25, -0.2) is 0 Å². The lowest BCUT2D eigenvalue weighted by atomic mass is 9.72. The Labute approximate surface area is 171 Å². The number of H-pyrrole nitrogens is 1. The van der Waals surface area contributed by atoms with Gasteiger partial charge in [0.05, 0.1) is 6.34 Å². The van der Waals surface area contributed by atoms with Crippen molar-refractivity contribution in [3.05, 3.63) is 63.1 Å². The van der Waals surface area contributed by atoms with Crippen molar-refractivity contribution in [2.45, 2.75) is 25.2 Å². The molecule has 3 aromatic rings. The molecule has 0 bridgehead atoms. The Morgan fingerprint density at radius 2 is 2.18 bits per heavy atom. The predicted molar refractivity (Wildman–Crippen MR) is 116 cm³/mol. The third-order valence-corrected chi connectivity index (χ3v) is 6.31. The zero-order valence-electron chi connectivity index (χ0n) is 15.6. The average Bonchev–Trinajstić information content (AvgIpc) is 3.17. The van der Waals surface area contributed by atoms with Gasteiger partial charge in [-0.1, -0.05) is 18.6 Å². The highest BCUT2D eigenvalue weighted by molar-refractivity contribution is 9.10. The molecule has 2 heterocycles. The van der Waals surface area contributed by atoms with Crippen molar-refractivity contribution >= 4 is 39.0 Å². The van der Waals surface area contributed by atoms with Gasteiger partial charge in [0.2, 0.25) is 0 Å². The van der Waals surface area contributed by atoms with E-state index in [-0.39, 0.29) is 11.5 Å². The van der Waals surface area contributed by atoms with E-state index in [0.29, 0.717) is 17.3 Å². The van der Waals surface area contributed by atoms with Crippen LogP contribution in [0.25, 0.3) is 16.6 Å². The van der Waals surface area contributed by atoms with Gasteiger partial charge in [0.15, 0.2) is 0 Å². The number of benzene rings is 1. The number of hydrogen-bond acceptors (Lipinski definition) is 3. The third-order valence-electron chi connectivity index (χ3n) is 5.68. The fourth-order valence-electron chi connectivity index (χ4n) is 3.88. The summed E-state index contributed by atoms with van der Waals surface area (Å²) in [7, 11) is 1.74. The molecule has 0 saturated heterocycles. The maximum atomic E-state index is 12.9. The molecule has 0 aliphatic heterocycles. The molecule has 144 valence electrons. The summed E-state index contributed by atoms with van der Waals surface area (Å²) in [5.74, 6) is 0.748. The fourth-order valence-corrected chi connectivity index (χ4v) is 4.42. The molecule has 1 fully saturated rings. The van der Waals surface area contributed by atoms with Crippen LogP contribution in [0.4, 0.5) is 0 Å². The van der Waals surface area contributed by atoms with Crippen LogP contribution in [-0.4, -0.2) is 33.7 Å². The summed E-state index contributed by atoms with van der Waals surface area (Å²) in [5.41, 5.74) is 2.24. The molecule has 7 heteroatoms. The Hall–Kier alpha value is -2.67. The molecule has 1 aromatic carbocycles. The SMILES string of the molecule is CN(C=N)C(=N)C(c1cccc(-n2cc(Br)c3cc[nH]c3c2=O)c1)C1CCC1. The van der Waals surface area contributed by atoms with Crippen molar-refractivity contribution in [1.82, 2.24) is 14.5 Å². The molecule has 0 amide bonds. The number of rotatable bonds is 5. The molecule has 0 spiro atoms. The van der Waals surface area contributed by atoms with E-state index in [1.807, 2.05) is 30.3 Å². The molecule has 1 atom stereocenters. The van der Waals surface area contributed by atoms with Crippen molar-refractivity contribution < 1.29 is 0 Å². The van der Waals surface area contributed by atoms with E-state index in [9.17, 15) is 4.79 Å². The first kappa shape index (κ1) is 18.7. The van der Waals surface area contributed by atoms with Crippen LogP contribution in [-0.2, 0) is 0 Å². The summed E-state index contributed by atoms with van der Waals surface area (Å²) in [4.78, 5) is 17.5. The van der Waals surface area contributed by atoms with E-state index < -0.39 is 0 Å². The number of nitrogens with zero attached hydrogens (tertiary/aromatic N) is 2. The number of aromatic amines is 1. The number of pyridine rings is 1. The van der Waals surface area contributed by atoms with Gasteiger partial charge in [-0.3, -0.25) is 20.2 Å². The molecule has 6 nitrogen and oxygen atoms in total. The van der Waals surface area contributed by atoms with E-state index in [1.165, 1.54) is 12.8 Å². The Morgan fingerprint density at radius 1 is 1.39 bits per heavy atom. The second kappa shape index (κ2) is 7.39. The third kappa shape index (κ3) is 3.09. The zero-order valence-corrected chi connectivity index (χ0v) is 17.2. The summed E-state index contributed by atoms with van der Waals surface area (Å²) in [6.07, 6.45) is 8.09. The van der Waals surface area contributed by atoms with Crippen LogP contribution in [0.3, 0.4) is 0 Å². The number of aromatic nitrogens is 2. The minimum Gasteiger partial charge on any atom is -0.357 e. The van der Waals surface area contributed by atoms with E-state index in [0.717, 1.165) is 34.0 Å². The van der Waals surface area contributed by atoms with Crippen molar-refractivity contribution in [2.24, 2.45) is 5.92 Å². The topological polar surface area (TPSA) is 88.7 Å². The summed E-state index contributed by atoms with van der Waals surface area (Å²) in [5, 5.41) is 17.0. The van der Waals surface area contributed by atoms with E-state index >= 15 is 0 Å². The second-order valence-corrected chi connectivity index (χ2v) is 8.16. The quantitative estimate of drug-likeness (QED) is 0.404. The number of likely N-dealkylation sites (N-methyl/N-ethyl adjacent to an activating group) is 1. The van der Waals surface area contributed by atoms with Crippen molar-refractivity contribution in [2.75, 3.05) is 7.05 Å². The lowest BCUT2D eigenvalue weighted by molar-refractivity contribution is 0.291. The zero-order chi connectivity index (χ0) is 19.8. The molecule has 0 radical (unpaired) electrons. The average molecular weight is 440 g/mol. The van der Waals surface area contributed by atoms with E-state index in [1.54, 1.807) is 28.9 Å². The van der Waals surface area contributed by atoms with Gasteiger partial charge in [0, 0.05) is 40.9 Å². The van der Waals surface area contributed by atoms with Crippen LogP contribution in [0, 0.1) is 16.7 Å². The molecular formula is C21H22BrN5O. The first-order chi connectivity index (χ1) is 13.5. The van der Waals surface area contributed by atoms with Crippen LogP contribution in [0.2, 0.25) is 0 Å². The number of hydrogen-bond donors (Lipinski definition) is 3. The van der Waals surface area contributed by atoms with E-state index in [4.69, 9.17) is 10.8 Å². The van der Waals surface area contributed by atoms with Gasteiger partial charge in [0.1, 0.15) is 11.4 Å². The molecule has 3 N–H and O–H groups in total. The Kier molecular flexibility index (Phi) is 4.93. The lowest BCUT2D eigenvalue weighted by Gasteiger charge is -2.36. The highest BCUT2D eigenvalue weighted by Crippen LogP contribution is 2.40. The van der Waals surface area contributed by atoms with Gasteiger partial charge in [-0.15, -0.1) is 0 Å². The molecule has 28 heavy (non-hydrogen) atoms. The first-order valence-electron chi connectivity index (χ1n) is 9.31. The van der Waals surface area contributed by atoms with E-state index in [2.05, 4.69) is 20.9 Å². The highest BCUT2D eigenvalue weighted by Gasteiger charge is 2.33. The maximum Gasteiger partial charge on any atom is 0.279 e. The van der Waals surface area contributed by atoms with Crippen LogP contribution in [0.1, 0.15) is 30.7 Å².